The Morgan fingerprint density at radius 1 is 1.35 bits per heavy atom. The summed E-state index contributed by atoms with van der Waals surface area (Å²) in [5.74, 6) is 0.650. The summed E-state index contributed by atoms with van der Waals surface area (Å²) in [5.41, 5.74) is -0.515. The number of aryl methyl sites for hydroxylation is 1. The molecule has 20 heavy (non-hydrogen) atoms. The van der Waals surface area contributed by atoms with Crippen LogP contribution in [0.3, 0.4) is 0 Å². The normalized spacial score (nSPS) is 13.4. The molecular formula is C14H15F3N2O. The van der Waals surface area contributed by atoms with Gasteiger partial charge in [-0.25, -0.2) is 4.98 Å². The molecule has 6 heteroatoms. The van der Waals surface area contributed by atoms with Crippen LogP contribution in [0.2, 0.25) is 0 Å². The molecule has 2 aromatic rings. The third kappa shape index (κ3) is 3.19. The fraction of sp³-hybridized carbons (Fsp3) is 0.357. The summed E-state index contributed by atoms with van der Waals surface area (Å²) in [6, 6.07) is 4.75. The van der Waals surface area contributed by atoms with E-state index < -0.39 is 17.8 Å². The number of hydrogen-bond acceptors (Lipinski definition) is 2. The lowest BCUT2D eigenvalue weighted by atomic mass is 10.0. The molecule has 0 saturated heterocycles. The number of rotatable bonds is 4. The van der Waals surface area contributed by atoms with Gasteiger partial charge in [0.25, 0.3) is 0 Å². The number of halogens is 3. The summed E-state index contributed by atoms with van der Waals surface area (Å²) < 4.78 is 39.7. The average Bonchev–Trinajstić information content (AvgIpc) is 2.85. The Kier molecular flexibility index (Phi) is 4.13. The third-order valence-electron chi connectivity index (χ3n) is 3.12. The number of nitrogens with zero attached hydrogens (tertiary/aromatic N) is 2. The van der Waals surface area contributed by atoms with E-state index >= 15 is 0 Å². The van der Waals surface area contributed by atoms with Gasteiger partial charge in [0.2, 0.25) is 0 Å². The molecule has 0 aliphatic rings. The Labute approximate surface area is 114 Å². The van der Waals surface area contributed by atoms with Crippen molar-refractivity contribution in [1.29, 1.82) is 0 Å². The van der Waals surface area contributed by atoms with Crippen molar-refractivity contribution in [3.05, 3.63) is 53.6 Å². The second-order valence-electron chi connectivity index (χ2n) is 4.47. The average molecular weight is 284 g/mol. The van der Waals surface area contributed by atoms with Crippen LogP contribution in [0.4, 0.5) is 13.2 Å². The summed E-state index contributed by atoms with van der Waals surface area (Å²) in [7, 11) is 0. The largest absolute Gasteiger partial charge is 0.416 e. The second kappa shape index (κ2) is 5.66. The third-order valence-corrected chi connectivity index (χ3v) is 3.12. The number of hydrogen-bond donors (Lipinski definition) is 1. The first kappa shape index (κ1) is 14.6. The molecule has 2 rings (SSSR count). The highest BCUT2D eigenvalue weighted by atomic mass is 19.4. The van der Waals surface area contributed by atoms with Crippen LogP contribution in [-0.4, -0.2) is 14.7 Å². The van der Waals surface area contributed by atoms with E-state index in [0.717, 1.165) is 12.1 Å². The maximum atomic E-state index is 12.6. The molecule has 3 nitrogen and oxygen atoms in total. The molecule has 1 N–H and O–H groups in total. The molecule has 0 aliphatic heterocycles. The Morgan fingerprint density at radius 3 is 2.75 bits per heavy atom. The van der Waals surface area contributed by atoms with Gasteiger partial charge in [0.15, 0.2) is 0 Å². The molecule has 1 aromatic heterocycles. The van der Waals surface area contributed by atoms with Crippen molar-refractivity contribution in [3.63, 3.8) is 0 Å². The summed E-state index contributed by atoms with van der Waals surface area (Å²) in [4.78, 5) is 4.10. The molecule has 0 saturated carbocycles. The van der Waals surface area contributed by atoms with Crippen molar-refractivity contribution in [3.8, 4) is 0 Å². The zero-order valence-electron chi connectivity index (χ0n) is 10.9. The monoisotopic (exact) mass is 284 g/mol. The molecule has 0 radical (unpaired) electrons. The van der Waals surface area contributed by atoms with E-state index in [-0.39, 0.29) is 12.0 Å². The molecule has 1 aromatic carbocycles. The first-order valence-corrected chi connectivity index (χ1v) is 6.27. The Morgan fingerprint density at radius 2 is 2.10 bits per heavy atom. The molecule has 0 fully saturated rings. The first-order chi connectivity index (χ1) is 9.41. The molecule has 1 atom stereocenters. The van der Waals surface area contributed by atoms with E-state index in [1.165, 1.54) is 12.1 Å². The van der Waals surface area contributed by atoms with E-state index in [9.17, 15) is 18.3 Å². The van der Waals surface area contributed by atoms with Gasteiger partial charge in [-0.15, -0.1) is 0 Å². The highest BCUT2D eigenvalue weighted by Gasteiger charge is 2.30. The van der Waals surface area contributed by atoms with E-state index in [2.05, 4.69) is 4.98 Å². The topological polar surface area (TPSA) is 38.0 Å². The Hall–Kier alpha value is -1.82. The number of aromatic nitrogens is 2. The molecule has 0 amide bonds. The standard InChI is InChI=1S/C14H15F3N2O/c1-2-19-7-6-18-13(19)9-12(20)10-4-3-5-11(8-10)14(15,16)17/h3-8,12,20H,2,9H2,1H3. The predicted molar refractivity (Wildman–Crippen MR) is 68.0 cm³/mol. The Balaban J connectivity index is 2.19. The van der Waals surface area contributed by atoms with E-state index in [0.29, 0.717) is 12.4 Å². The van der Waals surface area contributed by atoms with Crippen LogP contribution in [0.15, 0.2) is 36.7 Å². The van der Waals surface area contributed by atoms with Gasteiger partial charge in [-0.05, 0) is 24.6 Å². The zero-order chi connectivity index (χ0) is 14.8. The second-order valence-corrected chi connectivity index (χ2v) is 4.47. The molecule has 0 spiro atoms. The highest BCUT2D eigenvalue weighted by molar-refractivity contribution is 5.27. The van der Waals surface area contributed by atoms with Crippen LogP contribution in [0.25, 0.3) is 0 Å². The van der Waals surface area contributed by atoms with Crippen molar-refractivity contribution in [2.24, 2.45) is 0 Å². The minimum atomic E-state index is -4.41. The van der Waals surface area contributed by atoms with Gasteiger partial charge >= 0.3 is 6.18 Å². The van der Waals surface area contributed by atoms with Crippen molar-refractivity contribution in [2.75, 3.05) is 0 Å². The number of benzene rings is 1. The van der Waals surface area contributed by atoms with Crippen LogP contribution in [-0.2, 0) is 19.1 Å². The molecule has 0 bridgehead atoms. The molecule has 1 heterocycles. The van der Waals surface area contributed by atoms with E-state index in [1.54, 1.807) is 12.4 Å². The first-order valence-electron chi connectivity index (χ1n) is 6.27. The summed E-state index contributed by atoms with van der Waals surface area (Å²) >= 11 is 0. The summed E-state index contributed by atoms with van der Waals surface area (Å²) in [6.45, 7) is 2.63. The minimum absolute atomic E-state index is 0.183. The number of aliphatic hydroxyl groups excluding tert-OH is 1. The smallest absolute Gasteiger partial charge is 0.388 e. The maximum absolute atomic E-state index is 12.6. The molecular weight excluding hydrogens is 269 g/mol. The number of imidazole rings is 1. The van der Waals surface area contributed by atoms with Crippen LogP contribution in [0, 0.1) is 0 Å². The predicted octanol–water partition coefficient (Wildman–Crippen LogP) is 3.20. The molecule has 1 unspecified atom stereocenters. The maximum Gasteiger partial charge on any atom is 0.416 e. The number of aliphatic hydroxyl groups is 1. The summed E-state index contributed by atoms with van der Waals surface area (Å²) in [6.07, 6.45) is -1.85. The van der Waals surface area contributed by atoms with Crippen LogP contribution < -0.4 is 0 Å². The molecule has 108 valence electrons. The summed E-state index contributed by atoms with van der Waals surface area (Å²) in [5, 5.41) is 10.1. The van der Waals surface area contributed by atoms with Crippen molar-refractivity contribution in [1.82, 2.24) is 9.55 Å². The highest BCUT2D eigenvalue weighted by Crippen LogP contribution is 2.31. The van der Waals surface area contributed by atoms with Crippen LogP contribution in [0.1, 0.15) is 30.0 Å². The lowest BCUT2D eigenvalue weighted by Gasteiger charge is -2.14. The minimum Gasteiger partial charge on any atom is -0.388 e. The van der Waals surface area contributed by atoms with Gasteiger partial charge in [-0.2, -0.15) is 13.2 Å². The van der Waals surface area contributed by atoms with E-state index in [4.69, 9.17) is 0 Å². The zero-order valence-corrected chi connectivity index (χ0v) is 10.9. The SMILES string of the molecule is CCn1ccnc1CC(O)c1cccc(C(F)(F)F)c1. The van der Waals surface area contributed by atoms with Gasteiger partial charge in [0, 0.05) is 25.4 Å². The van der Waals surface area contributed by atoms with Crippen molar-refractivity contribution < 1.29 is 18.3 Å². The van der Waals surface area contributed by atoms with Gasteiger partial charge in [-0.3, -0.25) is 0 Å². The van der Waals surface area contributed by atoms with E-state index in [1.807, 2.05) is 11.5 Å². The van der Waals surface area contributed by atoms with Gasteiger partial charge in [-0.1, -0.05) is 12.1 Å². The molecule has 0 aliphatic carbocycles. The fourth-order valence-corrected chi connectivity index (χ4v) is 2.03. The van der Waals surface area contributed by atoms with Crippen molar-refractivity contribution in [2.45, 2.75) is 32.2 Å². The Bertz CT molecular complexity index is 578. The quantitative estimate of drug-likeness (QED) is 0.936. The lowest BCUT2D eigenvalue weighted by molar-refractivity contribution is -0.137. The van der Waals surface area contributed by atoms with Gasteiger partial charge in [0.1, 0.15) is 5.82 Å². The van der Waals surface area contributed by atoms with Crippen LogP contribution >= 0.6 is 0 Å². The van der Waals surface area contributed by atoms with Gasteiger partial charge < -0.3 is 9.67 Å². The van der Waals surface area contributed by atoms with Crippen LogP contribution in [0.5, 0.6) is 0 Å². The van der Waals surface area contributed by atoms with Crippen molar-refractivity contribution >= 4 is 0 Å². The lowest BCUT2D eigenvalue weighted by Crippen LogP contribution is -2.10. The number of alkyl halides is 3. The van der Waals surface area contributed by atoms with Gasteiger partial charge in [0.05, 0.1) is 11.7 Å². The fourth-order valence-electron chi connectivity index (χ4n) is 2.03.